The lowest BCUT2D eigenvalue weighted by Crippen LogP contribution is -2.30. The van der Waals surface area contributed by atoms with E-state index in [1.165, 1.54) is 0 Å². The normalized spacial score (nSPS) is 15.6. The Kier molecular flexibility index (Phi) is 3.15. The highest BCUT2D eigenvalue weighted by molar-refractivity contribution is 5.82. The highest BCUT2D eigenvalue weighted by Crippen LogP contribution is 2.31. The number of carbonyl (C=O) groups is 1. The number of rotatable bonds is 4. The van der Waals surface area contributed by atoms with E-state index in [9.17, 15) is 4.79 Å². The molecule has 1 amide bonds. The molecule has 110 valence electrons. The van der Waals surface area contributed by atoms with Crippen LogP contribution >= 0.6 is 0 Å². The number of hydrogen-bond acceptors (Lipinski definition) is 2. The van der Waals surface area contributed by atoms with Crippen LogP contribution in [0, 0.1) is 5.92 Å². The lowest BCUT2D eigenvalue weighted by Gasteiger charge is -2.20. The summed E-state index contributed by atoms with van der Waals surface area (Å²) in [7, 11) is 0. The van der Waals surface area contributed by atoms with Crippen LogP contribution in [-0.4, -0.2) is 15.9 Å². The number of hydrogen-bond donors (Lipinski definition) is 2. The van der Waals surface area contributed by atoms with E-state index in [1.807, 2.05) is 30.3 Å². The molecule has 1 aliphatic carbocycles. The molecule has 1 aliphatic rings. The Hall–Kier alpha value is -2.62. The van der Waals surface area contributed by atoms with Crippen LogP contribution < -0.4 is 5.32 Å². The van der Waals surface area contributed by atoms with Gasteiger partial charge in [0.05, 0.1) is 23.4 Å². The maximum Gasteiger partial charge on any atom is 0.223 e. The Morgan fingerprint density at radius 3 is 2.73 bits per heavy atom. The number of fused-ring (bicyclic) bond motifs is 1. The highest BCUT2D eigenvalue weighted by Gasteiger charge is 2.31. The number of nitrogens with zero attached hydrogens (tertiary/aromatic N) is 1. The van der Waals surface area contributed by atoms with Crippen LogP contribution in [0.5, 0.6) is 0 Å². The van der Waals surface area contributed by atoms with Gasteiger partial charge in [-0.05, 0) is 36.1 Å². The van der Waals surface area contributed by atoms with E-state index >= 15 is 0 Å². The molecular formula is C18H17N3O. The Bertz CT molecular complexity index is 805. The third kappa shape index (κ3) is 2.48. The number of aromatic amines is 1. The minimum Gasteiger partial charge on any atom is -0.345 e. The summed E-state index contributed by atoms with van der Waals surface area (Å²) in [5, 5.41) is 3.20. The zero-order chi connectivity index (χ0) is 14.9. The molecule has 0 bridgehead atoms. The molecular weight excluding hydrogens is 274 g/mol. The number of benzene rings is 2. The highest BCUT2D eigenvalue weighted by atomic mass is 16.2. The van der Waals surface area contributed by atoms with Crippen molar-refractivity contribution in [2.24, 2.45) is 5.92 Å². The molecule has 2 N–H and O–H groups in total. The first-order valence-electron chi connectivity index (χ1n) is 7.59. The quantitative estimate of drug-likeness (QED) is 0.775. The molecule has 1 atom stereocenters. The van der Waals surface area contributed by atoms with Crippen LogP contribution in [0.1, 0.15) is 30.0 Å². The first kappa shape index (κ1) is 13.1. The average molecular weight is 291 g/mol. The van der Waals surface area contributed by atoms with Gasteiger partial charge in [0.1, 0.15) is 0 Å². The molecule has 1 heterocycles. The van der Waals surface area contributed by atoms with Gasteiger partial charge in [0, 0.05) is 5.92 Å². The van der Waals surface area contributed by atoms with Gasteiger partial charge in [-0.3, -0.25) is 4.79 Å². The zero-order valence-corrected chi connectivity index (χ0v) is 12.1. The van der Waals surface area contributed by atoms with Crippen molar-refractivity contribution in [1.29, 1.82) is 0 Å². The SMILES string of the molecule is O=C(N[C@H](c1ccccc1)c1ccc2nc[nH]c2c1)C1CC1. The second-order valence-corrected chi connectivity index (χ2v) is 5.81. The van der Waals surface area contributed by atoms with Crippen molar-refractivity contribution in [3.63, 3.8) is 0 Å². The van der Waals surface area contributed by atoms with Crippen LogP contribution in [-0.2, 0) is 4.79 Å². The van der Waals surface area contributed by atoms with Gasteiger partial charge in [0.2, 0.25) is 5.91 Å². The third-order valence-corrected chi connectivity index (χ3v) is 4.15. The monoisotopic (exact) mass is 291 g/mol. The largest absolute Gasteiger partial charge is 0.345 e. The molecule has 0 unspecified atom stereocenters. The van der Waals surface area contributed by atoms with Gasteiger partial charge in [-0.1, -0.05) is 36.4 Å². The predicted octanol–water partition coefficient (Wildman–Crippen LogP) is 3.18. The van der Waals surface area contributed by atoms with Gasteiger partial charge in [-0.2, -0.15) is 0 Å². The van der Waals surface area contributed by atoms with E-state index in [1.54, 1.807) is 6.33 Å². The number of imidazole rings is 1. The molecule has 0 radical (unpaired) electrons. The Morgan fingerprint density at radius 1 is 1.14 bits per heavy atom. The molecule has 4 heteroatoms. The minimum atomic E-state index is -0.123. The second-order valence-electron chi connectivity index (χ2n) is 5.81. The summed E-state index contributed by atoms with van der Waals surface area (Å²) in [6.45, 7) is 0. The second kappa shape index (κ2) is 5.30. The summed E-state index contributed by atoms with van der Waals surface area (Å²) in [6.07, 6.45) is 3.70. The van der Waals surface area contributed by atoms with E-state index in [0.717, 1.165) is 35.0 Å². The van der Waals surface area contributed by atoms with Crippen molar-refractivity contribution in [2.75, 3.05) is 0 Å². The number of carbonyl (C=O) groups excluding carboxylic acids is 1. The lowest BCUT2D eigenvalue weighted by atomic mass is 9.98. The van der Waals surface area contributed by atoms with Gasteiger partial charge in [0.25, 0.3) is 0 Å². The maximum atomic E-state index is 12.2. The van der Waals surface area contributed by atoms with Gasteiger partial charge in [-0.25, -0.2) is 4.98 Å². The fourth-order valence-electron chi connectivity index (χ4n) is 2.74. The van der Waals surface area contributed by atoms with Crippen LogP contribution in [0.25, 0.3) is 11.0 Å². The lowest BCUT2D eigenvalue weighted by molar-refractivity contribution is -0.122. The van der Waals surface area contributed by atoms with Gasteiger partial charge >= 0.3 is 0 Å². The molecule has 1 aromatic heterocycles. The van der Waals surface area contributed by atoms with Crippen molar-refractivity contribution in [3.05, 3.63) is 66.0 Å². The topological polar surface area (TPSA) is 57.8 Å². The fraction of sp³-hybridized carbons (Fsp3) is 0.222. The Morgan fingerprint density at radius 2 is 1.95 bits per heavy atom. The molecule has 4 rings (SSSR count). The smallest absolute Gasteiger partial charge is 0.223 e. The van der Waals surface area contributed by atoms with Crippen molar-refractivity contribution < 1.29 is 4.79 Å². The van der Waals surface area contributed by atoms with E-state index in [4.69, 9.17) is 0 Å². The zero-order valence-electron chi connectivity index (χ0n) is 12.1. The van der Waals surface area contributed by atoms with Crippen LogP contribution in [0.4, 0.5) is 0 Å². The first-order chi connectivity index (χ1) is 10.8. The minimum absolute atomic E-state index is 0.123. The predicted molar refractivity (Wildman–Crippen MR) is 85.2 cm³/mol. The van der Waals surface area contributed by atoms with E-state index in [-0.39, 0.29) is 17.9 Å². The Balaban J connectivity index is 1.73. The van der Waals surface area contributed by atoms with Crippen molar-refractivity contribution >= 4 is 16.9 Å². The third-order valence-electron chi connectivity index (χ3n) is 4.15. The summed E-state index contributed by atoms with van der Waals surface area (Å²) in [4.78, 5) is 19.6. The Labute approximate surface area is 128 Å². The fourth-order valence-corrected chi connectivity index (χ4v) is 2.74. The summed E-state index contributed by atoms with van der Waals surface area (Å²) in [5.74, 6) is 0.348. The molecule has 0 spiro atoms. The van der Waals surface area contributed by atoms with Gasteiger partial charge < -0.3 is 10.3 Å². The molecule has 3 aromatic rings. The van der Waals surface area contributed by atoms with Crippen molar-refractivity contribution in [2.45, 2.75) is 18.9 Å². The summed E-state index contributed by atoms with van der Waals surface area (Å²) in [6, 6.07) is 16.1. The van der Waals surface area contributed by atoms with Crippen LogP contribution in [0.3, 0.4) is 0 Å². The van der Waals surface area contributed by atoms with Crippen LogP contribution in [0.2, 0.25) is 0 Å². The number of amides is 1. The number of nitrogens with one attached hydrogen (secondary N) is 2. The number of aromatic nitrogens is 2. The van der Waals surface area contributed by atoms with E-state index < -0.39 is 0 Å². The van der Waals surface area contributed by atoms with E-state index in [2.05, 4.69) is 33.5 Å². The van der Waals surface area contributed by atoms with Crippen molar-refractivity contribution in [1.82, 2.24) is 15.3 Å². The molecule has 1 fully saturated rings. The van der Waals surface area contributed by atoms with Crippen molar-refractivity contribution in [3.8, 4) is 0 Å². The van der Waals surface area contributed by atoms with Gasteiger partial charge in [-0.15, -0.1) is 0 Å². The molecule has 0 aliphatic heterocycles. The maximum absolute atomic E-state index is 12.2. The first-order valence-corrected chi connectivity index (χ1v) is 7.59. The van der Waals surface area contributed by atoms with Crippen LogP contribution in [0.15, 0.2) is 54.9 Å². The molecule has 22 heavy (non-hydrogen) atoms. The number of H-pyrrole nitrogens is 1. The van der Waals surface area contributed by atoms with E-state index in [0.29, 0.717) is 0 Å². The molecule has 1 saturated carbocycles. The standard InChI is InChI=1S/C18H17N3O/c22-18(13-6-7-13)21-17(12-4-2-1-3-5-12)14-8-9-15-16(10-14)20-11-19-15/h1-5,8-11,13,17H,6-7H2,(H,19,20)(H,21,22)/t17-/m1/s1. The molecule has 2 aromatic carbocycles. The van der Waals surface area contributed by atoms with Gasteiger partial charge in [0.15, 0.2) is 0 Å². The summed E-state index contributed by atoms with van der Waals surface area (Å²) in [5.41, 5.74) is 4.08. The summed E-state index contributed by atoms with van der Waals surface area (Å²) < 4.78 is 0. The average Bonchev–Trinajstić information content (AvgIpc) is 3.31. The molecule has 0 saturated heterocycles. The molecule has 4 nitrogen and oxygen atoms in total. The summed E-state index contributed by atoms with van der Waals surface area (Å²) >= 11 is 0.